The van der Waals surface area contributed by atoms with E-state index >= 15 is 0 Å². The van der Waals surface area contributed by atoms with E-state index in [1.54, 1.807) is 12.3 Å². The quantitative estimate of drug-likeness (QED) is 0.773. The molecule has 1 aliphatic rings. The third kappa shape index (κ3) is 5.59. The van der Waals surface area contributed by atoms with Crippen molar-refractivity contribution in [3.05, 3.63) is 33.7 Å². The van der Waals surface area contributed by atoms with E-state index in [2.05, 4.69) is 15.6 Å². The van der Waals surface area contributed by atoms with Crippen LogP contribution in [-0.2, 0) is 6.54 Å². The Morgan fingerprint density at radius 3 is 2.91 bits per heavy atom. The lowest BCUT2D eigenvalue weighted by atomic mass is 10.2. The SMILES string of the molecule is Cc1c[nH]c(=O)c(CNC(=O)NC2CCN(CC(F)(F)F)C2)c1. The van der Waals surface area contributed by atoms with E-state index in [1.165, 1.54) is 4.90 Å². The lowest BCUT2D eigenvalue weighted by Crippen LogP contribution is -2.44. The number of nitrogens with zero attached hydrogens (tertiary/aromatic N) is 1. The van der Waals surface area contributed by atoms with Gasteiger partial charge in [0.2, 0.25) is 0 Å². The van der Waals surface area contributed by atoms with Crippen molar-refractivity contribution < 1.29 is 18.0 Å². The molecule has 1 aliphatic heterocycles. The first kappa shape index (κ1) is 17.3. The van der Waals surface area contributed by atoms with Crippen LogP contribution in [-0.4, -0.2) is 47.8 Å². The number of carbonyl (C=O) groups is 1. The molecule has 1 saturated heterocycles. The number of aromatic amines is 1. The molecule has 0 aliphatic carbocycles. The molecule has 0 saturated carbocycles. The second-order valence-electron chi connectivity index (χ2n) is 5.69. The third-order valence-electron chi connectivity index (χ3n) is 3.57. The molecule has 1 atom stereocenters. The topological polar surface area (TPSA) is 77.2 Å². The Labute approximate surface area is 131 Å². The van der Waals surface area contributed by atoms with E-state index in [-0.39, 0.29) is 24.7 Å². The Kier molecular flexibility index (Phi) is 5.30. The maximum Gasteiger partial charge on any atom is 0.401 e. The number of carbonyl (C=O) groups excluding carboxylic acids is 1. The van der Waals surface area contributed by atoms with E-state index < -0.39 is 18.8 Å². The molecule has 6 nitrogen and oxygen atoms in total. The van der Waals surface area contributed by atoms with Gasteiger partial charge in [0.25, 0.3) is 5.56 Å². The minimum absolute atomic E-state index is 0.0574. The van der Waals surface area contributed by atoms with Gasteiger partial charge in [-0.1, -0.05) is 0 Å². The fourth-order valence-electron chi connectivity index (χ4n) is 2.54. The number of likely N-dealkylation sites (tertiary alicyclic amines) is 1. The third-order valence-corrected chi connectivity index (χ3v) is 3.57. The molecule has 1 fully saturated rings. The Balaban J connectivity index is 1.77. The van der Waals surface area contributed by atoms with Gasteiger partial charge in [-0.2, -0.15) is 13.2 Å². The van der Waals surface area contributed by atoms with Crippen molar-refractivity contribution in [2.75, 3.05) is 19.6 Å². The predicted molar refractivity (Wildman–Crippen MR) is 78.1 cm³/mol. The van der Waals surface area contributed by atoms with Crippen molar-refractivity contribution in [1.82, 2.24) is 20.5 Å². The molecule has 23 heavy (non-hydrogen) atoms. The van der Waals surface area contributed by atoms with Crippen LogP contribution in [0.25, 0.3) is 0 Å². The molecule has 0 bridgehead atoms. The van der Waals surface area contributed by atoms with Crippen LogP contribution in [0.2, 0.25) is 0 Å². The minimum Gasteiger partial charge on any atom is -0.334 e. The fraction of sp³-hybridized carbons (Fsp3) is 0.571. The van der Waals surface area contributed by atoms with Crippen molar-refractivity contribution >= 4 is 6.03 Å². The Bertz CT molecular complexity index is 615. The van der Waals surface area contributed by atoms with Gasteiger partial charge in [-0.05, 0) is 25.0 Å². The van der Waals surface area contributed by atoms with Crippen LogP contribution in [0.3, 0.4) is 0 Å². The average Bonchev–Trinajstić information content (AvgIpc) is 2.84. The van der Waals surface area contributed by atoms with Gasteiger partial charge in [0.05, 0.1) is 6.54 Å². The lowest BCUT2D eigenvalue weighted by Gasteiger charge is -2.18. The monoisotopic (exact) mass is 332 g/mol. The van der Waals surface area contributed by atoms with Crippen molar-refractivity contribution in [1.29, 1.82) is 0 Å². The van der Waals surface area contributed by atoms with Gasteiger partial charge in [0.1, 0.15) is 0 Å². The molecular weight excluding hydrogens is 313 g/mol. The summed E-state index contributed by atoms with van der Waals surface area (Å²) in [6, 6.07) is 0.845. The summed E-state index contributed by atoms with van der Waals surface area (Å²) >= 11 is 0. The number of hydrogen-bond donors (Lipinski definition) is 3. The molecule has 2 rings (SSSR count). The van der Waals surface area contributed by atoms with Crippen LogP contribution in [0, 0.1) is 6.92 Å². The molecule has 1 aromatic rings. The number of nitrogens with one attached hydrogen (secondary N) is 3. The van der Waals surface area contributed by atoms with E-state index in [4.69, 9.17) is 0 Å². The van der Waals surface area contributed by atoms with Gasteiger partial charge in [-0.15, -0.1) is 0 Å². The van der Waals surface area contributed by atoms with E-state index in [9.17, 15) is 22.8 Å². The molecule has 128 valence electrons. The summed E-state index contributed by atoms with van der Waals surface area (Å²) in [6.45, 7) is 1.36. The van der Waals surface area contributed by atoms with Crippen molar-refractivity contribution in [2.45, 2.75) is 32.1 Å². The predicted octanol–water partition coefficient (Wildman–Crippen LogP) is 1.12. The normalized spacial score (nSPS) is 18.9. The lowest BCUT2D eigenvalue weighted by molar-refractivity contribution is -0.143. The van der Waals surface area contributed by atoms with Gasteiger partial charge in [-0.3, -0.25) is 9.69 Å². The minimum atomic E-state index is -4.23. The number of amides is 2. The largest absolute Gasteiger partial charge is 0.401 e. The summed E-state index contributed by atoms with van der Waals surface area (Å²) < 4.78 is 36.9. The highest BCUT2D eigenvalue weighted by Gasteiger charge is 2.34. The standard InChI is InChI=1S/C14H19F3N4O2/c1-9-4-10(12(22)18-5-9)6-19-13(23)20-11-2-3-21(7-11)8-14(15,16)17/h4-5,11H,2-3,6-8H2,1H3,(H,18,22)(H2,19,20,23). The molecule has 2 amide bonds. The number of alkyl halides is 3. The molecule has 0 radical (unpaired) electrons. The van der Waals surface area contributed by atoms with Gasteiger partial charge in [0.15, 0.2) is 0 Å². The molecular formula is C14H19F3N4O2. The number of pyridine rings is 1. The van der Waals surface area contributed by atoms with Crippen LogP contribution in [0.5, 0.6) is 0 Å². The number of urea groups is 1. The van der Waals surface area contributed by atoms with Gasteiger partial charge < -0.3 is 15.6 Å². The van der Waals surface area contributed by atoms with Crippen LogP contribution >= 0.6 is 0 Å². The van der Waals surface area contributed by atoms with E-state index in [1.807, 2.05) is 6.92 Å². The van der Waals surface area contributed by atoms with Gasteiger partial charge in [0, 0.05) is 37.4 Å². The summed E-state index contributed by atoms with van der Waals surface area (Å²) in [5.41, 5.74) is 0.999. The van der Waals surface area contributed by atoms with Gasteiger partial charge >= 0.3 is 12.2 Å². The highest BCUT2D eigenvalue weighted by Crippen LogP contribution is 2.19. The van der Waals surface area contributed by atoms with Gasteiger partial charge in [-0.25, -0.2) is 4.79 Å². The first-order valence-electron chi connectivity index (χ1n) is 7.24. The first-order valence-corrected chi connectivity index (χ1v) is 7.24. The molecule has 1 unspecified atom stereocenters. The van der Waals surface area contributed by atoms with Crippen LogP contribution in [0.1, 0.15) is 17.5 Å². The van der Waals surface area contributed by atoms with E-state index in [0.29, 0.717) is 18.5 Å². The zero-order chi connectivity index (χ0) is 17.0. The number of hydrogen-bond acceptors (Lipinski definition) is 3. The number of H-pyrrole nitrogens is 1. The highest BCUT2D eigenvalue weighted by molar-refractivity contribution is 5.74. The second kappa shape index (κ2) is 7.03. The zero-order valence-electron chi connectivity index (χ0n) is 12.7. The number of rotatable bonds is 4. The average molecular weight is 332 g/mol. The molecule has 3 N–H and O–H groups in total. The summed E-state index contributed by atoms with van der Waals surface area (Å²) in [5.74, 6) is 0. The Hall–Kier alpha value is -2.03. The summed E-state index contributed by atoms with van der Waals surface area (Å²) in [5, 5.41) is 5.17. The fourth-order valence-corrected chi connectivity index (χ4v) is 2.54. The van der Waals surface area contributed by atoms with E-state index in [0.717, 1.165) is 5.56 Å². The number of halogens is 3. The Morgan fingerprint density at radius 2 is 2.22 bits per heavy atom. The van der Waals surface area contributed by atoms with Crippen LogP contribution in [0.4, 0.5) is 18.0 Å². The van der Waals surface area contributed by atoms with Crippen molar-refractivity contribution in [2.24, 2.45) is 0 Å². The number of aromatic nitrogens is 1. The molecule has 1 aromatic heterocycles. The van der Waals surface area contributed by atoms with Crippen molar-refractivity contribution in [3.8, 4) is 0 Å². The van der Waals surface area contributed by atoms with Crippen molar-refractivity contribution in [3.63, 3.8) is 0 Å². The smallest absolute Gasteiger partial charge is 0.334 e. The maximum atomic E-state index is 12.3. The summed E-state index contributed by atoms with van der Waals surface area (Å²) in [6.07, 6.45) is -2.20. The van der Waals surface area contributed by atoms with Crippen LogP contribution < -0.4 is 16.2 Å². The molecule has 0 spiro atoms. The second-order valence-corrected chi connectivity index (χ2v) is 5.69. The summed E-state index contributed by atoms with van der Waals surface area (Å²) in [4.78, 5) is 27.2. The number of aryl methyl sites for hydroxylation is 1. The summed E-state index contributed by atoms with van der Waals surface area (Å²) in [7, 11) is 0. The zero-order valence-corrected chi connectivity index (χ0v) is 12.7. The molecule has 9 heteroatoms. The maximum absolute atomic E-state index is 12.3. The van der Waals surface area contributed by atoms with Crippen LogP contribution in [0.15, 0.2) is 17.1 Å². The molecule has 0 aromatic carbocycles. The Morgan fingerprint density at radius 1 is 1.48 bits per heavy atom. The highest BCUT2D eigenvalue weighted by atomic mass is 19.4. The molecule has 2 heterocycles. The first-order chi connectivity index (χ1) is 10.7.